The normalized spacial score (nSPS) is 17.7. The van der Waals surface area contributed by atoms with E-state index < -0.39 is 6.04 Å². The van der Waals surface area contributed by atoms with E-state index in [-0.39, 0.29) is 36.7 Å². The highest BCUT2D eigenvalue weighted by Crippen LogP contribution is 2.13. The van der Waals surface area contributed by atoms with Crippen LogP contribution in [0, 0.1) is 0 Å². The molecule has 0 bridgehead atoms. The topological polar surface area (TPSA) is 61.4 Å². The number of hydrogen-bond donors (Lipinski definition) is 2. The van der Waals surface area contributed by atoms with Gasteiger partial charge >= 0.3 is 0 Å². The van der Waals surface area contributed by atoms with Gasteiger partial charge in [0.05, 0.1) is 18.5 Å². The number of benzene rings is 2. The molecule has 1 heterocycles. The zero-order chi connectivity index (χ0) is 18.4. The van der Waals surface area contributed by atoms with Gasteiger partial charge in [0.2, 0.25) is 11.8 Å². The van der Waals surface area contributed by atoms with E-state index in [9.17, 15) is 9.59 Å². The molecule has 0 aliphatic carbocycles. The number of carbonyl (C=O) groups excluding carboxylic acids is 2. The molecule has 1 aliphatic rings. The molecule has 0 spiro atoms. The second kappa shape index (κ2) is 10.1. The molecule has 5 nitrogen and oxygen atoms in total. The summed E-state index contributed by atoms with van der Waals surface area (Å²) in [5.41, 5.74) is 2.15. The van der Waals surface area contributed by atoms with Crippen LogP contribution in [0.2, 0.25) is 0 Å². The average Bonchev–Trinajstić information content (AvgIpc) is 2.66. The Kier molecular flexibility index (Phi) is 7.82. The summed E-state index contributed by atoms with van der Waals surface area (Å²) in [5.74, 6) is -0.128. The lowest BCUT2D eigenvalue weighted by Gasteiger charge is -2.33. The Hall–Kier alpha value is -2.37. The summed E-state index contributed by atoms with van der Waals surface area (Å²) in [6, 6.07) is 19.2. The monoisotopic (exact) mass is 387 g/mol. The molecule has 144 valence electrons. The molecule has 0 radical (unpaired) electrons. The van der Waals surface area contributed by atoms with E-state index in [1.54, 1.807) is 0 Å². The van der Waals surface area contributed by atoms with Crippen LogP contribution in [0.25, 0.3) is 0 Å². The first kappa shape index (κ1) is 20.9. The van der Waals surface area contributed by atoms with Crippen LogP contribution < -0.4 is 10.6 Å². The van der Waals surface area contributed by atoms with Gasteiger partial charge in [-0.1, -0.05) is 60.7 Å². The van der Waals surface area contributed by atoms with Gasteiger partial charge in [0, 0.05) is 19.6 Å². The standard InChI is InChI=1S/C21H25N3O2.ClH/c1-16(18-10-6-3-7-11-18)23-20(25)14-19-21(26)24(13-12-22-19)15-17-8-4-2-5-9-17;/h2-11,16,19,22H,12-15H2,1H3,(H,23,25);1H. The zero-order valence-corrected chi connectivity index (χ0v) is 16.2. The maximum absolute atomic E-state index is 12.7. The van der Waals surface area contributed by atoms with Crippen molar-refractivity contribution in [2.75, 3.05) is 13.1 Å². The summed E-state index contributed by atoms with van der Waals surface area (Å²) in [7, 11) is 0. The smallest absolute Gasteiger partial charge is 0.240 e. The van der Waals surface area contributed by atoms with Crippen molar-refractivity contribution in [2.24, 2.45) is 0 Å². The van der Waals surface area contributed by atoms with Crippen LogP contribution in [0.1, 0.15) is 30.5 Å². The maximum atomic E-state index is 12.7. The highest BCUT2D eigenvalue weighted by Gasteiger charge is 2.30. The fourth-order valence-electron chi connectivity index (χ4n) is 3.22. The Bertz CT molecular complexity index is 740. The van der Waals surface area contributed by atoms with E-state index in [0.29, 0.717) is 19.6 Å². The summed E-state index contributed by atoms with van der Waals surface area (Å²) in [6.07, 6.45) is 0.154. The van der Waals surface area contributed by atoms with Crippen LogP contribution in [0.15, 0.2) is 60.7 Å². The van der Waals surface area contributed by atoms with Gasteiger partial charge < -0.3 is 15.5 Å². The number of nitrogens with zero attached hydrogens (tertiary/aromatic N) is 1. The molecule has 2 atom stereocenters. The molecule has 2 N–H and O–H groups in total. The van der Waals surface area contributed by atoms with Gasteiger partial charge in [0.1, 0.15) is 0 Å². The van der Waals surface area contributed by atoms with Crippen molar-refractivity contribution in [1.82, 2.24) is 15.5 Å². The molecule has 1 aliphatic heterocycles. The Morgan fingerprint density at radius 3 is 2.44 bits per heavy atom. The summed E-state index contributed by atoms with van der Waals surface area (Å²) < 4.78 is 0. The molecule has 6 heteroatoms. The Morgan fingerprint density at radius 1 is 1.15 bits per heavy atom. The summed E-state index contributed by atoms with van der Waals surface area (Å²) >= 11 is 0. The van der Waals surface area contributed by atoms with Crippen molar-refractivity contribution in [1.29, 1.82) is 0 Å². The molecule has 27 heavy (non-hydrogen) atoms. The molecular formula is C21H26ClN3O2. The second-order valence-electron chi connectivity index (χ2n) is 6.66. The fraction of sp³-hybridized carbons (Fsp3) is 0.333. The van der Waals surface area contributed by atoms with E-state index in [0.717, 1.165) is 11.1 Å². The van der Waals surface area contributed by atoms with Crippen LogP contribution in [0.4, 0.5) is 0 Å². The number of amides is 2. The molecule has 2 amide bonds. The number of piperazine rings is 1. The largest absolute Gasteiger partial charge is 0.350 e. The van der Waals surface area contributed by atoms with E-state index in [1.165, 1.54) is 0 Å². The molecular weight excluding hydrogens is 362 g/mol. The van der Waals surface area contributed by atoms with Crippen LogP contribution in [0.5, 0.6) is 0 Å². The number of halogens is 1. The van der Waals surface area contributed by atoms with Gasteiger partial charge in [-0.3, -0.25) is 9.59 Å². The van der Waals surface area contributed by atoms with Crippen LogP contribution in [-0.4, -0.2) is 35.8 Å². The number of rotatable bonds is 6. The average molecular weight is 388 g/mol. The Morgan fingerprint density at radius 2 is 1.78 bits per heavy atom. The number of hydrogen-bond acceptors (Lipinski definition) is 3. The highest BCUT2D eigenvalue weighted by molar-refractivity contribution is 5.89. The third-order valence-corrected chi connectivity index (χ3v) is 4.67. The Balaban J connectivity index is 0.00000261. The molecule has 2 unspecified atom stereocenters. The number of nitrogens with one attached hydrogen (secondary N) is 2. The molecule has 3 rings (SSSR count). The minimum Gasteiger partial charge on any atom is -0.350 e. The predicted octanol–water partition coefficient (Wildman–Crippen LogP) is 2.68. The van der Waals surface area contributed by atoms with Crippen molar-refractivity contribution >= 4 is 24.2 Å². The van der Waals surface area contributed by atoms with E-state index in [2.05, 4.69) is 10.6 Å². The van der Waals surface area contributed by atoms with Gasteiger partial charge in [0.25, 0.3) is 0 Å². The quantitative estimate of drug-likeness (QED) is 0.801. The highest BCUT2D eigenvalue weighted by atomic mass is 35.5. The van der Waals surface area contributed by atoms with Gasteiger partial charge in [-0.2, -0.15) is 0 Å². The van der Waals surface area contributed by atoms with Gasteiger partial charge in [-0.25, -0.2) is 0 Å². The lowest BCUT2D eigenvalue weighted by atomic mass is 10.1. The molecule has 0 saturated carbocycles. The maximum Gasteiger partial charge on any atom is 0.240 e. The molecule has 0 aromatic heterocycles. The second-order valence-corrected chi connectivity index (χ2v) is 6.66. The minimum absolute atomic E-state index is 0. The van der Waals surface area contributed by atoms with Crippen molar-refractivity contribution < 1.29 is 9.59 Å². The van der Waals surface area contributed by atoms with E-state index >= 15 is 0 Å². The molecule has 2 aromatic carbocycles. The van der Waals surface area contributed by atoms with Crippen LogP contribution in [0.3, 0.4) is 0 Å². The minimum atomic E-state index is -0.463. The van der Waals surface area contributed by atoms with Gasteiger partial charge in [-0.05, 0) is 18.1 Å². The predicted molar refractivity (Wildman–Crippen MR) is 109 cm³/mol. The third kappa shape index (κ3) is 5.81. The summed E-state index contributed by atoms with van der Waals surface area (Å²) in [6.45, 7) is 3.89. The first-order valence-electron chi connectivity index (χ1n) is 9.04. The van der Waals surface area contributed by atoms with Crippen molar-refractivity contribution in [2.45, 2.75) is 32.0 Å². The lowest BCUT2D eigenvalue weighted by Crippen LogP contribution is -2.55. The SMILES string of the molecule is CC(NC(=O)CC1NCCN(Cc2ccccc2)C1=O)c1ccccc1.Cl. The van der Waals surface area contributed by atoms with Crippen LogP contribution in [-0.2, 0) is 16.1 Å². The van der Waals surface area contributed by atoms with Gasteiger partial charge in [-0.15, -0.1) is 12.4 Å². The lowest BCUT2D eigenvalue weighted by molar-refractivity contribution is -0.138. The van der Waals surface area contributed by atoms with Crippen molar-refractivity contribution in [3.63, 3.8) is 0 Å². The number of carbonyl (C=O) groups is 2. The summed E-state index contributed by atoms with van der Waals surface area (Å²) in [5, 5.41) is 6.16. The molecule has 1 saturated heterocycles. The zero-order valence-electron chi connectivity index (χ0n) is 15.4. The Labute approximate surface area is 166 Å². The fourth-order valence-corrected chi connectivity index (χ4v) is 3.22. The van der Waals surface area contributed by atoms with Crippen molar-refractivity contribution in [3.8, 4) is 0 Å². The van der Waals surface area contributed by atoms with E-state index in [4.69, 9.17) is 0 Å². The van der Waals surface area contributed by atoms with Crippen molar-refractivity contribution in [3.05, 3.63) is 71.8 Å². The molecule has 2 aromatic rings. The third-order valence-electron chi connectivity index (χ3n) is 4.67. The van der Waals surface area contributed by atoms with Gasteiger partial charge in [0.15, 0.2) is 0 Å². The van der Waals surface area contributed by atoms with E-state index in [1.807, 2.05) is 72.5 Å². The molecule has 1 fully saturated rings. The first-order valence-corrected chi connectivity index (χ1v) is 9.04. The summed E-state index contributed by atoms with van der Waals surface area (Å²) in [4.78, 5) is 26.9. The van der Waals surface area contributed by atoms with Crippen LogP contribution >= 0.6 is 12.4 Å². The first-order chi connectivity index (χ1) is 12.6.